The number of anilines is 1. The van der Waals surface area contributed by atoms with Crippen molar-refractivity contribution in [2.75, 3.05) is 38.3 Å². The Hall–Kier alpha value is -3.14. The van der Waals surface area contributed by atoms with Gasteiger partial charge in [-0.2, -0.15) is 5.26 Å². The van der Waals surface area contributed by atoms with Crippen LogP contribution in [0.4, 0.5) is 5.69 Å². The van der Waals surface area contributed by atoms with Gasteiger partial charge in [0.15, 0.2) is 0 Å². The predicted octanol–water partition coefficient (Wildman–Crippen LogP) is 5.86. The number of nitriles is 1. The number of thiophene rings is 1. The number of amides is 1. The summed E-state index contributed by atoms with van der Waals surface area (Å²) in [7, 11) is 1.57. The van der Waals surface area contributed by atoms with Crippen molar-refractivity contribution in [3.8, 4) is 16.5 Å². The molecule has 0 fully saturated rings. The van der Waals surface area contributed by atoms with Crippen LogP contribution in [-0.2, 0) is 9.53 Å². The third-order valence-corrected chi connectivity index (χ3v) is 6.41. The molecule has 0 unspecified atom stereocenters. The number of rotatable bonds is 11. The van der Waals surface area contributed by atoms with Crippen molar-refractivity contribution in [1.82, 2.24) is 5.32 Å². The van der Waals surface area contributed by atoms with Crippen LogP contribution in [0.2, 0.25) is 0 Å². The summed E-state index contributed by atoms with van der Waals surface area (Å²) in [5.41, 5.74) is 2.49. The lowest BCUT2D eigenvalue weighted by atomic mass is 10.0. The van der Waals surface area contributed by atoms with E-state index >= 15 is 0 Å². The lowest BCUT2D eigenvalue weighted by Crippen LogP contribution is -2.27. The molecule has 0 spiro atoms. The lowest BCUT2D eigenvalue weighted by Gasteiger charge is -2.24. The summed E-state index contributed by atoms with van der Waals surface area (Å²) >= 11 is 1.56. The molecule has 0 bridgehead atoms. The zero-order valence-corrected chi connectivity index (χ0v) is 20.4. The van der Waals surface area contributed by atoms with Crippen molar-refractivity contribution in [2.24, 2.45) is 0 Å². The van der Waals surface area contributed by atoms with Gasteiger partial charge < -0.3 is 15.0 Å². The average molecular weight is 462 g/mol. The maximum Gasteiger partial charge on any atom is 0.262 e. The number of ether oxygens (including phenoxy) is 1. The highest BCUT2D eigenvalue weighted by Gasteiger charge is 2.11. The van der Waals surface area contributed by atoms with Crippen LogP contribution in [-0.4, -0.2) is 39.3 Å². The highest BCUT2D eigenvalue weighted by Crippen LogP contribution is 2.32. The van der Waals surface area contributed by atoms with Gasteiger partial charge in [0.1, 0.15) is 11.6 Å². The van der Waals surface area contributed by atoms with Gasteiger partial charge in [-0.25, -0.2) is 0 Å². The summed E-state index contributed by atoms with van der Waals surface area (Å²) in [5.74, 6) is -0.383. The highest BCUT2D eigenvalue weighted by molar-refractivity contribution is 7.16. The number of hydrogen-bond acceptors (Lipinski definition) is 5. The van der Waals surface area contributed by atoms with Crippen molar-refractivity contribution < 1.29 is 9.53 Å². The van der Waals surface area contributed by atoms with Crippen LogP contribution >= 0.6 is 11.3 Å². The quantitative estimate of drug-likeness (QED) is 0.220. The highest BCUT2D eigenvalue weighted by atomic mass is 32.1. The molecule has 2 aromatic carbocycles. The predicted molar refractivity (Wildman–Crippen MR) is 139 cm³/mol. The molecule has 0 atom stereocenters. The van der Waals surface area contributed by atoms with E-state index in [1.807, 2.05) is 18.2 Å². The Kier molecular flexibility index (Phi) is 9.05. The molecule has 3 aromatic rings. The fraction of sp³-hybridized carbons (Fsp3) is 0.333. The summed E-state index contributed by atoms with van der Waals surface area (Å²) in [5, 5.41) is 14.5. The summed E-state index contributed by atoms with van der Waals surface area (Å²) in [6.07, 6.45) is 3.91. The molecule has 0 aliphatic carbocycles. The fourth-order valence-corrected chi connectivity index (χ4v) is 4.68. The van der Waals surface area contributed by atoms with E-state index in [0.29, 0.717) is 13.2 Å². The van der Waals surface area contributed by atoms with Gasteiger partial charge in [-0.3, -0.25) is 4.79 Å². The minimum absolute atomic E-state index is 0.0919. The van der Waals surface area contributed by atoms with Crippen LogP contribution in [0, 0.1) is 11.3 Å². The summed E-state index contributed by atoms with van der Waals surface area (Å²) in [6, 6.07) is 19.2. The van der Waals surface area contributed by atoms with Crippen LogP contribution < -0.4 is 10.2 Å². The van der Waals surface area contributed by atoms with Crippen molar-refractivity contribution in [3.63, 3.8) is 0 Å². The molecule has 1 N–H and O–H groups in total. The molecule has 0 aliphatic rings. The molecule has 6 heteroatoms. The number of nitrogens with zero attached hydrogens (tertiary/aromatic N) is 2. The van der Waals surface area contributed by atoms with E-state index in [0.717, 1.165) is 41.2 Å². The van der Waals surface area contributed by atoms with Crippen molar-refractivity contribution in [3.05, 3.63) is 59.0 Å². The van der Waals surface area contributed by atoms with E-state index < -0.39 is 0 Å². The van der Waals surface area contributed by atoms with E-state index in [1.165, 1.54) is 16.5 Å². The van der Waals surface area contributed by atoms with Crippen molar-refractivity contribution >= 4 is 39.8 Å². The SMILES string of the molecule is CCCN(CCC)c1ccc2cc(-c3ccc(/C=C(\C#N)C(=O)NCCOC)s3)ccc2c1. The third kappa shape index (κ3) is 6.44. The monoisotopic (exact) mass is 461 g/mol. The Morgan fingerprint density at radius 2 is 1.82 bits per heavy atom. The molecule has 1 heterocycles. The number of carbonyl (C=O) groups excluding carboxylic acids is 1. The molecule has 5 nitrogen and oxygen atoms in total. The van der Waals surface area contributed by atoms with Crippen LogP contribution in [0.1, 0.15) is 31.6 Å². The van der Waals surface area contributed by atoms with E-state index in [1.54, 1.807) is 24.5 Å². The Balaban J connectivity index is 1.80. The molecular formula is C27H31N3O2S. The first-order valence-electron chi connectivity index (χ1n) is 11.4. The zero-order valence-electron chi connectivity index (χ0n) is 19.6. The van der Waals surface area contributed by atoms with E-state index in [4.69, 9.17) is 4.74 Å². The molecule has 33 heavy (non-hydrogen) atoms. The van der Waals surface area contributed by atoms with Gasteiger partial charge in [-0.05, 0) is 65.6 Å². The number of methoxy groups -OCH3 is 1. The first-order chi connectivity index (χ1) is 16.1. The second kappa shape index (κ2) is 12.2. The molecule has 3 rings (SSSR count). The van der Waals surface area contributed by atoms with Crippen LogP contribution in [0.3, 0.4) is 0 Å². The fourth-order valence-electron chi connectivity index (χ4n) is 3.73. The number of nitrogens with one attached hydrogen (secondary N) is 1. The van der Waals surface area contributed by atoms with Crippen molar-refractivity contribution in [2.45, 2.75) is 26.7 Å². The van der Waals surface area contributed by atoms with E-state index in [-0.39, 0.29) is 11.5 Å². The first kappa shape index (κ1) is 24.5. The normalized spacial score (nSPS) is 11.4. The molecule has 1 amide bonds. The van der Waals surface area contributed by atoms with Gasteiger partial charge in [0.05, 0.1) is 6.61 Å². The molecule has 0 saturated carbocycles. The van der Waals surface area contributed by atoms with Crippen LogP contribution in [0.15, 0.2) is 54.1 Å². The van der Waals surface area contributed by atoms with Gasteiger partial charge in [0.2, 0.25) is 0 Å². The number of fused-ring (bicyclic) bond motifs is 1. The Bertz CT molecular complexity index is 1150. The minimum Gasteiger partial charge on any atom is -0.383 e. The Morgan fingerprint density at radius 1 is 1.09 bits per heavy atom. The van der Waals surface area contributed by atoms with Gasteiger partial charge in [-0.15, -0.1) is 11.3 Å². The maximum absolute atomic E-state index is 12.2. The zero-order chi connectivity index (χ0) is 23.6. The number of hydrogen-bond donors (Lipinski definition) is 1. The van der Waals surface area contributed by atoms with E-state index in [9.17, 15) is 10.1 Å². The van der Waals surface area contributed by atoms with Gasteiger partial charge in [0.25, 0.3) is 5.91 Å². The standard InChI is InChI=1S/C27H31N3O2S/c1-4-13-30(14-5-2)24-9-8-20-16-22(7-6-21(20)17-24)26-11-10-25(33-26)18-23(19-28)27(31)29-12-15-32-3/h6-11,16-18H,4-5,12-15H2,1-3H3,(H,29,31)/b23-18+. The second-order valence-corrected chi connectivity index (χ2v) is 8.97. The second-order valence-electron chi connectivity index (χ2n) is 7.85. The number of carbonyl (C=O) groups is 1. The van der Waals surface area contributed by atoms with Gasteiger partial charge in [-0.1, -0.05) is 32.0 Å². The van der Waals surface area contributed by atoms with Crippen molar-refractivity contribution in [1.29, 1.82) is 5.26 Å². The molecule has 0 radical (unpaired) electrons. The van der Waals surface area contributed by atoms with E-state index in [2.05, 4.69) is 60.5 Å². The molecular weight excluding hydrogens is 430 g/mol. The van der Waals surface area contributed by atoms with Gasteiger partial charge >= 0.3 is 0 Å². The topological polar surface area (TPSA) is 65.4 Å². The third-order valence-electron chi connectivity index (χ3n) is 5.33. The molecule has 0 saturated heterocycles. The molecule has 172 valence electrons. The lowest BCUT2D eigenvalue weighted by molar-refractivity contribution is -0.117. The number of benzene rings is 2. The summed E-state index contributed by atoms with van der Waals surface area (Å²) in [6.45, 7) is 7.35. The van der Waals surface area contributed by atoms with Crippen LogP contribution in [0.5, 0.6) is 0 Å². The Morgan fingerprint density at radius 3 is 2.52 bits per heavy atom. The molecule has 1 aromatic heterocycles. The summed E-state index contributed by atoms with van der Waals surface area (Å²) < 4.78 is 4.93. The molecule has 0 aliphatic heterocycles. The average Bonchev–Trinajstić information content (AvgIpc) is 3.30. The largest absolute Gasteiger partial charge is 0.383 e. The minimum atomic E-state index is -0.383. The maximum atomic E-state index is 12.2. The Labute approximate surface area is 200 Å². The first-order valence-corrected chi connectivity index (χ1v) is 12.2. The van der Waals surface area contributed by atoms with Crippen LogP contribution in [0.25, 0.3) is 27.3 Å². The van der Waals surface area contributed by atoms with Gasteiger partial charge in [0, 0.05) is 42.2 Å². The smallest absolute Gasteiger partial charge is 0.262 e. The summed E-state index contributed by atoms with van der Waals surface area (Å²) in [4.78, 5) is 16.6.